The number of anilines is 1. The summed E-state index contributed by atoms with van der Waals surface area (Å²) in [5.41, 5.74) is 1.84. The Bertz CT molecular complexity index is 735. The minimum atomic E-state index is -0.262. The first-order chi connectivity index (χ1) is 12.0. The second-order valence-corrected chi connectivity index (χ2v) is 6.35. The summed E-state index contributed by atoms with van der Waals surface area (Å²) in [7, 11) is 1.60. The first-order valence-electron chi connectivity index (χ1n) is 8.06. The number of amides is 1. The molecule has 2 rings (SSSR count). The number of benzene rings is 2. The van der Waals surface area contributed by atoms with Gasteiger partial charge in [-0.25, -0.2) is 0 Å². The van der Waals surface area contributed by atoms with Gasteiger partial charge < -0.3 is 14.8 Å². The first-order valence-corrected chi connectivity index (χ1v) is 8.81. The molecular formula is C19H21Cl2NO3. The molecule has 0 unspecified atom stereocenters. The molecule has 0 radical (unpaired) electrons. The van der Waals surface area contributed by atoms with Crippen molar-refractivity contribution in [2.75, 3.05) is 19.0 Å². The summed E-state index contributed by atoms with van der Waals surface area (Å²) in [5.74, 6) is 0.430. The zero-order valence-electron chi connectivity index (χ0n) is 14.3. The average molecular weight is 382 g/mol. The zero-order valence-corrected chi connectivity index (χ0v) is 15.8. The van der Waals surface area contributed by atoms with E-state index in [1.165, 1.54) is 0 Å². The molecule has 0 aromatic heterocycles. The highest BCUT2D eigenvalue weighted by atomic mass is 35.5. The number of nitrogens with one attached hydrogen (secondary N) is 1. The molecule has 0 aliphatic heterocycles. The summed E-state index contributed by atoms with van der Waals surface area (Å²) >= 11 is 12.0. The number of ether oxygens (including phenoxy) is 2. The summed E-state index contributed by atoms with van der Waals surface area (Å²) in [4.78, 5) is 12.5. The molecule has 25 heavy (non-hydrogen) atoms. The van der Waals surface area contributed by atoms with E-state index in [9.17, 15) is 4.79 Å². The molecular weight excluding hydrogens is 361 g/mol. The van der Waals surface area contributed by atoms with Crippen LogP contribution in [0.15, 0.2) is 36.4 Å². The van der Waals surface area contributed by atoms with E-state index in [1.807, 2.05) is 0 Å². The van der Waals surface area contributed by atoms with E-state index in [-0.39, 0.29) is 5.91 Å². The van der Waals surface area contributed by atoms with Gasteiger partial charge in [-0.1, -0.05) is 36.5 Å². The maximum atomic E-state index is 12.5. The van der Waals surface area contributed by atoms with Crippen LogP contribution in [0.4, 0.5) is 5.69 Å². The minimum absolute atomic E-state index is 0.262. The van der Waals surface area contributed by atoms with Crippen molar-refractivity contribution in [2.24, 2.45) is 0 Å². The normalized spacial score (nSPS) is 10.6. The topological polar surface area (TPSA) is 47.6 Å². The largest absolute Gasteiger partial charge is 0.496 e. The lowest BCUT2D eigenvalue weighted by Crippen LogP contribution is -2.13. The van der Waals surface area contributed by atoms with Gasteiger partial charge in [0, 0.05) is 22.8 Å². The maximum Gasteiger partial charge on any atom is 0.255 e. The minimum Gasteiger partial charge on any atom is -0.496 e. The van der Waals surface area contributed by atoms with Crippen LogP contribution in [0, 0.1) is 0 Å². The van der Waals surface area contributed by atoms with Crippen molar-refractivity contribution < 1.29 is 14.3 Å². The van der Waals surface area contributed by atoms with Crippen molar-refractivity contribution in [2.45, 2.75) is 26.4 Å². The SMILES string of the molecule is CCCCOCc1cc(C(=O)Nc2ccc(Cl)cc2Cl)ccc1OC. The number of hydrogen-bond acceptors (Lipinski definition) is 3. The molecule has 2 aromatic rings. The van der Waals surface area contributed by atoms with Crippen molar-refractivity contribution in [1.29, 1.82) is 0 Å². The van der Waals surface area contributed by atoms with Gasteiger partial charge in [-0.05, 0) is 42.8 Å². The monoisotopic (exact) mass is 381 g/mol. The van der Waals surface area contributed by atoms with Crippen molar-refractivity contribution >= 4 is 34.8 Å². The smallest absolute Gasteiger partial charge is 0.255 e. The summed E-state index contributed by atoms with van der Waals surface area (Å²) in [6.07, 6.45) is 2.07. The Labute approximate surface area is 158 Å². The predicted molar refractivity (Wildman–Crippen MR) is 102 cm³/mol. The van der Waals surface area contributed by atoms with Gasteiger partial charge in [-0.3, -0.25) is 4.79 Å². The van der Waals surface area contributed by atoms with Gasteiger partial charge in [0.25, 0.3) is 5.91 Å². The lowest BCUT2D eigenvalue weighted by Gasteiger charge is -2.12. The molecule has 0 saturated carbocycles. The van der Waals surface area contributed by atoms with E-state index < -0.39 is 0 Å². The highest BCUT2D eigenvalue weighted by Crippen LogP contribution is 2.27. The molecule has 0 atom stereocenters. The van der Waals surface area contributed by atoms with Crippen molar-refractivity contribution in [3.63, 3.8) is 0 Å². The quantitative estimate of drug-likeness (QED) is 0.607. The van der Waals surface area contributed by atoms with Gasteiger partial charge in [-0.2, -0.15) is 0 Å². The number of halogens is 2. The molecule has 6 heteroatoms. The Morgan fingerprint density at radius 2 is 1.96 bits per heavy atom. The summed E-state index contributed by atoms with van der Waals surface area (Å²) in [6.45, 7) is 3.18. The van der Waals surface area contributed by atoms with Gasteiger partial charge in [0.15, 0.2) is 0 Å². The Morgan fingerprint density at radius 1 is 1.16 bits per heavy atom. The first kappa shape index (κ1) is 19.6. The second-order valence-electron chi connectivity index (χ2n) is 5.51. The third-order valence-corrected chi connectivity index (χ3v) is 4.17. The number of methoxy groups -OCH3 is 1. The third-order valence-electron chi connectivity index (χ3n) is 3.62. The number of rotatable bonds is 8. The Kier molecular flexibility index (Phi) is 7.56. The maximum absolute atomic E-state index is 12.5. The van der Waals surface area contributed by atoms with Crippen LogP contribution in [0.5, 0.6) is 5.75 Å². The van der Waals surface area contributed by atoms with E-state index in [0.717, 1.165) is 18.4 Å². The zero-order chi connectivity index (χ0) is 18.2. The molecule has 1 amide bonds. The van der Waals surface area contributed by atoms with Crippen LogP contribution in [0.3, 0.4) is 0 Å². The van der Waals surface area contributed by atoms with E-state index >= 15 is 0 Å². The standard InChI is InChI=1S/C19H21Cl2NO3/c1-3-4-9-25-12-14-10-13(5-8-18(14)24-2)19(23)22-17-7-6-15(20)11-16(17)21/h5-8,10-11H,3-4,9,12H2,1-2H3,(H,22,23). The number of hydrogen-bond donors (Lipinski definition) is 1. The molecule has 2 aromatic carbocycles. The van der Waals surface area contributed by atoms with Crippen LogP contribution in [0.2, 0.25) is 10.0 Å². The van der Waals surface area contributed by atoms with Crippen LogP contribution in [-0.2, 0) is 11.3 Å². The summed E-state index contributed by atoms with van der Waals surface area (Å²) in [6, 6.07) is 10.2. The number of carbonyl (C=O) groups excluding carboxylic acids is 1. The average Bonchev–Trinajstić information content (AvgIpc) is 2.61. The highest BCUT2D eigenvalue weighted by molar-refractivity contribution is 6.36. The molecule has 0 aliphatic carbocycles. The highest BCUT2D eigenvalue weighted by Gasteiger charge is 2.12. The van der Waals surface area contributed by atoms with Gasteiger partial charge in [-0.15, -0.1) is 0 Å². The van der Waals surface area contributed by atoms with Crippen LogP contribution >= 0.6 is 23.2 Å². The Balaban J connectivity index is 2.13. The van der Waals surface area contributed by atoms with Crippen molar-refractivity contribution in [3.8, 4) is 5.75 Å². The molecule has 1 N–H and O–H groups in total. The molecule has 0 spiro atoms. The Hall–Kier alpha value is -1.75. The van der Waals surface area contributed by atoms with Crippen molar-refractivity contribution in [1.82, 2.24) is 0 Å². The number of unbranched alkanes of at least 4 members (excludes halogenated alkanes) is 1. The summed E-state index contributed by atoms with van der Waals surface area (Å²) < 4.78 is 11.0. The molecule has 4 nitrogen and oxygen atoms in total. The predicted octanol–water partition coefficient (Wildman–Crippen LogP) is 5.57. The second kappa shape index (κ2) is 9.66. The van der Waals surface area contributed by atoms with E-state index in [2.05, 4.69) is 12.2 Å². The van der Waals surface area contributed by atoms with Gasteiger partial charge in [0.2, 0.25) is 0 Å². The molecule has 0 heterocycles. The van der Waals surface area contributed by atoms with Crippen molar-refractivity contribution in [3.05, 3.63) is 57.6 Å². The lowest BCUT2D eigenvalue weighted by molar-refractivity contribution is 0.102. The lowest BCUT2D eigenvalue weighted by atomic mass is 10.1. The molecule has 0 aliphatic rings. The van der Waals surface area contributed by atoms with Crippen LogP contribution in [0.1, 0.15) is 35.7 Å². The van der Waals surface area contributed by atoms with Crippen LogP contribution in [0.25, 0.3) is 0 Å². The summed E-state index contributed by atoms with van der Waals surface area (Å²) in [5, 5.41) is 3.68. The van der Waals surface area contributed by atoms with E-state index in [0.29, 0.717) is 40.3 Å². The molecule has 0 fully saturated rings. The molecule has 0 bridgehead atoms. The fourth-order valence-corrected chi connectivity index (χ4v) is 2.70. The molecule has 0 saturated heterocycles. The van der Waals surface area contributed by atoms with Gasteiger partial charge >= 0.3 is 0 Å². The van der Waals surface area contributed by atoms with Crippen LogP contribution < -0.4 is 10.1 Å². The molecule has 134 valence electrons. The fourth-order valence-electron chi connectivity index (χ4n) is 2.25. The van der Waals surface area contributed by atoms with E-state index in [1.54, 1.807) is 43.5 Å². The van der Waals surface area contributed by atoms with Gasteiger partial charge in [0.1, 0.15) is 5.75 Å². The van der Waals surface area contributed by atoms with Gasteiger partial charge in [0.05, 0.1) is 24.4 Å². The fraction of sp³-hybridized carbons (Fsp3) is 0.316. The Morgan fingerprint density at radius 3 is 2.64 bits per heavy atom. The van der Waals surface area contributed by atoms with E-state index in [4.69, 9.17) is 32.7 Å². The number of carbonyl (C=O) groups is 1. The third kappa shape index (κ3) is 5.63. The van der Waals surface area contributed by atoms with Crippen LogP contribution in [-0.4, -0.2) is 19.6 Å².